The van der Waals surface area contributed by atoms with E-state index in [0.29, 0.717) is 0 Å². The van der Waals surface area contributed by atoms with E-state index in [4.69, 9.17) is 14.8 Å². The van der Waals surface area contributed by atoms with Crippen LogP contribution >= 0.6 is 11.3 Å². The number of thiazole rings is 1. The molecular formula is C17H20N2O3S. The second-order valence-corrected chi connectivity index (χ2v) is 6.62. The SMILES string of the molecule is COc1ccc(-c2nc(CN3CCC(C(=O)O)CC3)cs2)cc1. The van der Waals surface area contributed by atoms with E-state index in [1.807, 2.05) is 24.3 Å². The van der Waals surface area contributed by atoms with Gasteiger partial charge in [0.2, 0.25) is 0 Å². The van der Waals surface area contributed by atoms with Crippen LogP contribution in [0.1, 0.15) is 18.5 Å². The molecule has 1 fully saturated rings. The Kier molecular flexibility index (Phi) is 4.93. The van der Waals surface area contributed by atoms with Gasteiger partial charge >= 0.3 is 5.97 Å². The van der Waals surface area contributed by atoms with Crippen molar-refractivity contribution in [2.24, 2.45) is 5.92 Å². The number of aromatic nitrogens is 1. The fourth-order valence-corrected chi connectivity index (χ4v) is 3.63. The topological polar surface area (TPSA) is 62.7 Å². The van der Waals surface area contributed by atoms with Crippen LogP contribution in [0.4, 0.5) is 0 Å². The van der Waals surface area contributed by atoms with Crippen molar-refractivity contribution in [1.29, 1.82) is 0 Å². The van der Waals surface area contributed by atoms with Crippen molar-refractivity contribution in [3.63, 3.8) is 0 Å². The van der Waals surface area contributed by atoms with Gasteiger partial charge in [-0.25, -0.2) is 4.98 Å². The van der Waals surface area contributed by atoms with E-state index in [-0.39, 0.29) is 5.92 Å². The second-order valence-electron chi connectivity index (χ2n) is 5.76. The number of aliphatic carboxylic acids is 1. The van der Waals surface area contributed by atoms with Gasteiger partial charge < -0.3 is 9.84 Å². The number of hydrogen-bond acceptors (Lipinski definition) is 5. The van der Waals surface area contributed by atoms with E-state index in [0.717, 1.165) is 54.5 Å². The Bertz CT molecular complexity index is 661. The molecule has 6 heteroatoms. The summed E-state index contributed by atoms with van der Waals surface area (Å²) < 4.78 is 5.17. The number of ether oxygens (including phenoxy) is 1. The van der Waals surface area contributed by atoms with Gasteiger partial charge in [-0.05, 0) is 50.2 Å². The zero-order chi connectivity index (χ0) is 16.2. The van der Waals surface area contributed by atoms with E-state index in [2.05, 4.69) is 10.3 Å². The Labute approximate surface area is 139 Å². The third-order valence-electron chi connectivity index (χ3n) is 4.21. The molecule has 0 aliphatic carbocycles. The van der Waals surface area contributed by atoms with Gasteiger partial charge in [-0.1, -0.05) is 0 Å². The predicted molar refractivity (Wildman–Crippen MR) is 89.7 cm³/mol. The van der Waals surface area contributed by atoms with Crippen LogP contribution in [-0.4, -0.2) is 41.2 Å². The summed E-state index contributed by atoms with van der Waals surface area (Å²) in [6, 6.07) is 7.90. The molecule has 0 amide bonds. The summed E-state index contributed by atoms with van der Waals surface area (Å²) in [5, 5.41) is 12.1. The molecule has 1 N–H and O–H groups in total. The van der Waals surface area contributed by atoms with Gasteiger partial charge in [0.05, 0.1) is 18.7 Å². The number of carboxylic acid groups (broad SMARTS) is 1. The summed E-state index contributed by atoms with van der Waals surface area (Å²) in [4.78, 5) is 18.0. The Morgan fingerprint density at radius 1 is 1.35 bits per heavy atom. The summed E-state index contributed by atoms with van der Waals surface area (Å²) >= 11 is 1.64. The molecule has 1 aromatic carbocycles. The molecule has 2 heterocycles. The molecule has 0 saturated carbocycles. The molecule has 1 saturated heterocycles. The molecule has 1 aromatic heterocycles. The Hall–Kier alpha value is -1.92. The van der Waals surface area contributed by atoms with Crippen molar-refractivity contribution in [2.75, 3.05) is 20.2 Å². The Morgan fingerprint density at radius 3 is 2.65 bits per heavy atom. The maximum Gasteiger partial charge on any atom is 0.306 e. The average Bonchev–Trinajstić information content (AvgIpc) is 3.04. The molecular weight excluding hydrogens is 312 g/mol. The Balaban J connectivity index is 1.60. The molecule has 0 atom stereocenters. The fourth-order valence-electron chi connectivity index (χ4n) is 2.81. The Morgan fingerprint density at radius 2 is 2.04 bits per heavy atom. The summed E-state index contributed by atoms with van der Waals surface area (Å²) in [6.07, 6.45) is 1.45. The van der Waals surface area contributed by atoms with Crippen molar-refractivity contribution >= 4 is 17.3 Å². The van der Waals surface area contributed by atoms with Crippen LogP contribution < -0.4 is 4.74 Å². The number of hydrogen-bond donors (Lipinski definition) is 1. The van der Waals surface area contributed by atoms with E-state index in [1.165, 1.54) is 0 Å². The third kappa shape index (κ3) is 3.89. The number of methoxy groups -OCH3 is 1. The highest BCUT2D eigenvalue weighted by molar-refractivity contribution is 7.13. The van der Waals surface area contributed by atoms with Crippen molar-refractivity contribution in [3.8, 4) is 16.3 Å². The average molecular weight is 332 g/mol. The maximum atomic E-state index is 11.0. The molecule has 0 unspecified atom stereocenters. The third-order valence-corrected chi connectivity index (χ3v) is 5.15. The lowest BCUT2D eigenvalue weighted by Crippen LogP contribution is -2.35. The molecule has 0 radical (unpaired) electrons. The smallest absolute Gasteiger partial charge is 0.306 e. The molecule has 5 nitrogen and oxygen atoms in total. The van der Waals surface area contributed by atoms with Gasteiger partial charge in [-0.15, -0.1) is 11.3 Å². The first-order valence-electron chi connectivity index (χ1n) is 7.69. The van der Waals surface area contributed by atoms with Gasteiger partial charge in [0.15, 0.2) is 0 Å². The van der Waals surface area contributed by atoms with Crippen LogP contribution in [0.2, 0.25) is 0 Å². The van der Waals surface area contributed by atoms with Crippen molar-refractivity contribution < 1.29 is 14.6 Å². The van der Waals surface area contributed by atoms with Gasteiger partial charge in [0, 0.05) is 17.5 Å². The molecule has 23 heavy (non-hydrogen) atoms. The van der Waals surface area contributed by atoms with E-state index < -0.39 is 5.97 Å². The molecule has 0 spiro atoms. The van der Waals surface area contributed by atoms with Gasteiger partial charge in [0.1, 0.15) is 10.8 Å². The molecule has 1 aliphatic heterocycles. The normalized spacial score (nSPS) is 16.4. The highest BCUT2D eigenvalue weighted by atomic mass is 32.1. The maximum absolute atomic E-state index is 11.0. The van der Waals surface area contributed by atoms with Gasteiger partial charge in [-0.2, -0.15) is 0 Å². The first kappa shape index (κ1) is 16.0. The fraction of sp³-hybridized carbons (Fsp3) is 0.412. The van der Waals surface area contributed by atoms with Crippen molar-refractivity contribution in [3.05, 3.63) is 35.3 Å². The highest BCUT2D eigenvalue weighted by Gasteiger charge is 2.24. The van der Waals surface area contributed by atoms with Crippen LogP contribution in [0.25, 0.3) is 10.6 Å². The second kappa shape index (κ2) is 7.10. The minimum atomic E-state index is -0.667. The number of benzene rings is 1. The standard InChI is InChI=1S/C17H20N2O3S/c1-22-15-4-2-12(3-5-15)16-18-14(11-23-16)10-19-8-6-13(7-9-19)17(20)21/h2-5,11,13H,6-10H2,1H3,(H,20,21). The number of carboxylic acids is 1. The summed E-state index contributed by atoms with van der Waals surface area (Å²) in [6.45, 7) is 2.44. The number of piperidine rings is 1. The van der Waals surface area contributed by atoms with Crippen molar-refractivity contribution in [2.45, 2.75) is 19.4 Å². The zero-order valence-corrected chi connectivity index (χ0v) is 13.9. The zero-order valence-electron chi connectivity index (χ0n) is 13.1. The summed E-state index contributed by atoms with van der Waals surface area (Å²) in [7, 11) is 1.66. The number of nitrogens with zero attached hydrogens (tertiary/aromatic N) is 2. The van der Waals surface area contributed by atoms with E-state index in [9.17, 15) is 4.79 Å². The lowest BCUT2D eigenvalue weighted by molar-refractivity contribution is -0.143. The molecule has 1 aliphatic rings. The van der Waals surface area contributed by atoms with Crippen LogP contribution in [0, 0.1) is 5.92 Å². The quantitative estimate of drug-likeness (QED) is 0.911. The molecule has 0 bridgehead atoms. The van der Waals surface area contributed by atoms with Crippen LogP contribution in [-0.2, 0) is 11.3 Å². The van der Waals surface area contributed by atoms with Gasteiger partial charge in [0.25, 0.3) is 0 Å². The first-order chi connectivity index (χ1) is 11.2. The number of carbonyl (C=O) groups is 1. The molecule has 2 aromatic rings. The monoisotopic (exact) mass is 332 g/mol. The van der Waals surface area contributed by atoms with E-state index in [1.54, 1.807) is 18.4 Å². The molecule has 3 rings (SSSR count). The van der Waals surface area contributed by atoms with Crippen LogP contribution in [0.15, 0.2) is 29.6 Å². The lowest BCUT2D eigenvalue weighted by atomic mass is 9.97. The first-order valence-corrected chi connectivity index (χ1v) is 8.57. The van der Waals surface area contributed by atoms with E-state index >= 15 is 0 Å². The number of likely N-dealkylation sites (tertiary alicyclic amines) is 1. The van der Waals surface area contributed by atoms with Crippen molar-refractivity contribution in [1.82, 2.24) is 9.88 Å². The minimum absolute atomic E-state index is 0.184. The van der Waals surface area contributed by atoms with Crippen LogP contribution in [0.3, 0.4) is 0 Å². The lowest BCUT2D eigenvalue weighted by Gasteiger charge is -2.29. The number of rotatable bonds is 5. The summed E-state index contributed by atoms with van der Waals surface area (Å²) in [5.74, 6) is -0.0107. The molecule has 122 valence electrons. The van der Waals surface area contributed by atoms with Gasteiger partial charge in [-0.3, -0.25) is 9.69 Å². The van der Waals surface area contributed by atoms with Crippen LogP contribution in [0.5, 0.6) is 5.75 Å². The largest absolute Gasteiger partial charge is 0.497 e. The predicted octanol–water partition coefficient (Wildman–Crippen LogP) is 3.12. The highest BCUT2D eigenvalue weighted by Crippen LogP contribution is 2.27. The summed E-state index contributed by atoms with van der Waals surface area (Å²) in [5.41, 5.74) is 2.14. The minimum Gasteiger partial charge on any atom is -0.497 e.